The second-order valence-corrected chi connectivity index (χ2v) is 6.29. The summed E-state index contributed by atoms with van der Waals surface area (Å²) in [6.07, 6.45) is 0.648. The Morgan fingerprint density at radius 1 is 1.67 bits per heavy atom. The van der Waals surface area contributed by atoms with Gasteiger partial charge in [-0.1, -0.05) is 31.9 Å². The highest BCUT2D eigenvalue weighted by molar-refractivity contribution is 9.25. The van der Waals surface area contributed by atoms with Crippen molar-refractivity contribution in [3.05, 3.63) is 0 Å². The van der Waals surface area contributed by atoms with Gasteiger partial charge < -0.3 is 5.11 Å². The molecule has 0 aliphatic heterocycles. The fourth-order valence-electron chi connectivity index (χ4n) is 0.632. The standard InChI is InChI=1S/C5H6Br2O2/c1-4(3(8)9)2-5(4,6)7/h2H2,1H3,(H,8,9)/t4-/m0/s1. The summed E-state index contributed by atoms with van der Waals surface area (Å²) in [5.41, 5.74) is -0.604. The van der Waals surface area contributed by atoms with E-state index in [4.69, 9.17) is 5.11 Å². The van der Waals surface area contributed by atoms with E-state index in [1.54, 1.807) is 6.92 Å². The zero-order valence-corrected chi connectivity index (χ0v) is 7.99. The Bertz CT molecular complexity index is 166. The van der Waals surface area contributed by atoms with Crippen molar-refractivity contribution in [3.63, 3.8) is 0 Å². The predicted molar refractivity (Wildman–Crippen MR) is 40.9 cm³/mol. The largest absolute Gasteiger partial charge is 0.481 e. The van der Waals surface area contributed by atoms with E-state index in [1.165, 1.54) is 0 Å². The average Bonchev–Trinajstić information content (AvgIpc) is 2.08. The van der Waals surface area contributed by atoms with E-state index in [0.29, 0.717) is 6.42 Å². The summed E-state index contributed by atoms with van der Waals surface area (Å²) in [7, 11) is 0. The summed E-state index contributed by atoms with van der Waals surface area (Å²) >= 11 is 6.49. The number of halogens is 2. The smallest absolute Gasteiger partial charge is 0.311 e. The average molecular weight is 258 g/mol. The normalized spacial score (nSPS) is 38.1. The Kier molecular flexibility index (Phi) is 1.44. The summed E-state index contributed by atoms with van der Waals surface area (Å²) < 4.78 is -0.348. The van der Waals surface area contributed by atoms with Crippen LogP contribution in [0, 0.1) is 5.41 Å². The van der Waals surface area contributed by atoms with Gasteiger partial charge in [0.1, 0.15) is 0 Å². The molecule has 1 aliphatic rings. The lowest BCUT2D eigenvalue weighted by Gasteiger charge is -2.03. The first-order valence-electron chi connectivity index (χ1n) is 2.51. The van der Waals surface area contributed by atoms with Crippen LogP contribution >= 0.6 is 31.9 Å². The minimum absolute atomic E-state index is 0.348. The molecule has 52 valence electrons. The lowest BCUT2D eigenvalue weighted by atomic mass is 10.2. The number of carbonyl (C=O) groups is 1. The van der Waals surface area contributed by atoms with Crippen LogP contribution in [0.1, 0.15) is 13.3 Å². The number of hydrogen-bond acceptors (Lipinski definition) is 1. The molecular weight excluding hydrogens is 252 g/mol. The van der Waals surface area contributed by atoms with E-state index < -0.39 is 11.4 Å². The van der Waals surface area contributed by atoms with E-state index in [9.17, 15) is 4.79 Å². The Morgan fingerprint density at radius 2 is 2.00 bits per heavy atom. The van der Waals surface area contributed by atoms with Crippen molar-refractivity contribution in [2.45, 2.75) is 16.6 Å². The second kappa shape index (κ2) is 1.72. The summed E-state index contributed by atoms with van der Waals surface area (Å²) in [6, 6.07) is 0. The minimum Gasteiger partial charge on any atom is -0.481 e. The van der Waals surface area contributed by atoms with Gasteiger partial charge in [-0.15, -0.1) is 0 Å². The van der Waals surface area contributed by atoms with Gasteiger partial charge in [0.25, 0.3) is 0 Å². The molecule has 0 aromatic heterocycles. The quantitative estimate of drug-likeness (QED) is 0.730. The minimum atomic E-state index is -0.753. The van der Waals surface area contributed by atoms with E-state index in [2.05, 4.69) is 31.9 Å². The van der Waals surface area contributed by atoms with E-state index in [0.717, 1.165) is 0 Å². The van der Waals surface area contributed by atoms with Crippen molar-refractivity contribution in [3.8, 4) is 0 Å². The van der Waals surface area contributed by atoms with Crippen molar-refractivity contribution in [2.75, 3.05) is 0 Å². The maximum absolute atomic E-state index is 10.4. The number of carboxylic acids is 1. The van der Waals surface area contributed by atoms with Gasteiger partial charge in [-0.2, -0.15) is 0 Å². The van der Waals surface area contributed by atoms with Crippen LogP contribution in [0.5, 0.6) is 0 Å². The van der Waals surface area contributed by atoms with Gasteiger partial charge >= 0.3 is 5.97 Å². The van der Waals surface area contributed by atoms with Crippen molar-refractivity contribution in [2.24, 2.45) is 5.41 Å². The van der Waals surface area contributed by atoms with Crippen molar-refractivity contribution < 1.29 is 9.90 Å². The monoisotopic (exact) mass is 256 g/mol. The van der Waals surface area contributed by atoms with Crippen LogP contribution in [0.2, 0.25) is 0 Å². The van der Waals surface area contributed by atoms with Crippen molar-refractivity contribution >= 4 is 37.8 Å². The highest BCUT2D eigenvalue weighted by Gasteiger charge is 2.67. The summed E-state index contributed by atoms with van der Waals surface area (Å²) in [5.74, 6) is -0.753. The number of carboxylic acid groups (broad SMARTS) is 1. The molecule has 1 atom stereocenters. The van der Waals surface area contributed by atoms with Crippen molar-refractivity contribution in [1.29, 1.82) is 0 Å². The molecule has 1 saturated carbocycles. The van der Waals surface area contributed by atoms with Crippen LogP contribution in [0.25, 0.3) is 0 Å². The SMILES string of the molecule is C[C@@]1(C(=O)O)CC1(Br)Br. The first-order chi connectivity index (χ1) is 3.90. The fraction of sp³-hybridized carbons (Fsp3) is 0.800. The van der Waals surface area contributed by atoms with Gasteiger partial charge in [0, 0.05) is 0 Å². The predicted octanol–water partition coefficient (Wildman–Crippen LogP) is 1.97. The molecule has 0 aromatic carbocycles. The molecule has 0 radical (unpaired) electrons. The molecular formula is C5H6Br2O2. The molecule has 1 aliphatic carbocycles. The zero-order chi connectivity index (χ0) is 7.28. The fourth-order valence-corrected chi connectivity index (χ4v) is 2.09. The second-order valence-electron chi connectivity index (χ2n) is 2.52. The summed E-state index contributed by atoms with van der Waals surface area (Å²) in [4.78, 5) is 10.4. The van der Waals surface area contributed by atoms with Gasteiger partial charge in [-0.3, -0.25) is 4.79 Å². The van der Waals surface area contributed by atoms with Crippen LogP contribution in [-0.4, -0.2) is 14.3 Å². The molecule has 0 amide bonds. The Morgan fingerprint density at radius 3 is 2.00 bits per heavy atom. The third-order valence-electron chi connectivity index (χ3n) is 1.73. The van der Waals surface area contributed by atoms with E-state index in [-0.39, 0.29) is 3.23 Å². The lowest BCUT2D eigenvalue weighted by molar-refractivity contribution is -0.142. The Balaban J connectivity index is 2.74. The van der Waals surface area contributed by atoms with Gasteiger partial charge in [0.15, 0.2) is 0 Å². The molecule has 0 bridgehead atoms. The van der Waals surface area contributed by atoms with E-state index in [1.807, 2.05) is 0 Å². The summed E-state index contributed by atoms with van der Waals surface area (Å²) in [6.45, 7) is 1.71. The third-order valence-corrected chi connectivity index (χ3v) is 4.04. The van der Waals surface area contributed by atoms with Crippen LogP contribution < -0.4 is 0 Å². The first-order valence-corrected chi connectivity index (χ1v) is 4.10. The molecule has 1 rings (SSSR count). The number of aliphatic carboxylic acids is 1. The first kappa shape index (κ1) is 7.54. The number of rotatable bonds is 1. The molecule has 0 aromatic rings. The Hall–Kier alpha value is 0.430. The highest BCUT2D eigenvalue weighted by Crippen LogP contribution is 2.66. The molecule has 0 unspecified atom stereocenters. The number of alkyl halides is 2. The molecule has 0 saturated heterocycles. The highest BCUT2D eigenvalue weighted by atomic mass is 79.9. The van der Waals surface area contributed by atoms with Gasteiger partial charge in [-0.25, -0.2) is 0 Å². The molecule has 2 nitrogen and oxygen atoms in total. The third kappa shape index (κ3) is 0.923. The zero-order valence-electron chi connectivity index (χ0n) is 4.82. The van der Waals surface area contributed by atoms with Gasteiger partial charge in [-0.05, 0) is 13.3 Å². The molecule has 0 heterocycles. The summed E-state index contributed by atoms with van der Waals surface area (Å²) in [5, 5.41) is 8.59. The molecule has 4 heteroatoms. The lowest BCUT2D eigenvalue weighted by Crippen LogP contribution is -2.16. The maximum Gasteiger partial charge on any atom is 0.311 e. The van der Waals surface area contributed by atoms with Gasteiger partial charge in [0.2, 0.25) is 0 Å². The van der Waals surface area contributed by atoms with Gasteiger partial charge in [0.05, 0.1) is 8.65 Å². The molecule has 1 N–H and O–H groups in total. The molecule has 9 heavy (non-hydrogen) atoms. The molecule has 1 fully saturated rings. The van der Waals surface area contributed by atoms with Crippen LogP contribution in [0.4, 0.5) is 0 Å². The van der Waals surface area contributed by atoms with E-state index >= 15 is 0 Å². The van der Waals surface area contributed by atoms with Crippen LogP contribution in [0.3, 0.4) is 0 Å². The van der Waals surface area contributed by atoms with Crippen LogP contribution in [-0.2, 0) is 4.79 Å². The van der Waals surface area contributed by atoms with Crippen molar-refractivity contribution in [1.82, 2.24) is 0 Å². The Labute approximate surface area is 69.9 Å². The number of hydrogen-bond donors (Lipinski definition) is 1. The molecule has 0 spiro atoms. The maximum atomic E-state index is 10.4. The van der Waals surface area contributed by atoms with Crippen LogP contribution in [0.15, 0.2) is 0 Å². The topological polar surface area (TPSA) is 37.3 Å².